The summed E-state index contributed by atoms with van der Waals surface area (Å²) in [5.74, 6) is -1.36. The van der Waals surface area contributed by atoms with Crippen LogP contribution < -0.4 is 5.73 Å². The molecule has 0 aliphatic rings. The van der Waals surface area contributed by atoms with Crippen molar-refractivity contribution in [3.8, 4) is 0 Å². The standard InChI is InChI=1S/C9H10FNO2S/c1-13-9(12)6-3-2-5(8(11)14)4-7(6)10/h2-4,8,14H,11H2,1H3. The number of thiol groups is 1. The van der Waals surface area contributed by atoms with Crippen molar-refractivity contribution in [1.82, 2.24) is 0 Å². The largest absolute Gasteiger partial charge is 0.465 e. The monoisotopic (exact) mass is 215 g/mol. The second-order valence-electron chi connectivity index (χ2n) is 2.68. The first-order valence-electron chi connectivity index (χ1n) is 3.87. The highest BCUT2D eigenvalue weighted by Crippen LogP contribution is 2.17. The zero-order valence-corrected chi connectivity index (χ0v) is 8.42. The minimum atomic E-state index is -0.707. The fourth-order valence-electron chi connectivity index (χ4n) is 0.991. The summed E-state index contributed by atoms with van der Waals surface area (Å²) in [5.41, 5.74) is 5.83. The summed E-state index contributed by atoms with van der Waals surface area (Å²) in [5, 5.41) is -0.559. The minimum Gasteiger partial charge on any atom is -0.465 e. The summed E-state index contributed by atoms with van der Waals surface area (Å²) >= 11 is 3.94. The van der Waals surface area contributed by atoms with Crippen LogP contribution >= 0.6 is 12.6 Å². The van der Waals surface area contributed by atoms with E-state index < -0.39 is 17.2 Å². The van der Waals surface area contributed by atoms with Gasteiger partial charge in [0.05, 0.1) is 18.0 Å². The number of benzene rings is 1. The Bertz CT molecular complexity index is 355. The second-order valence-corrected chi connectivity index (χ2v) is 3.23. The van der Waals surface area contributed by atoms with Gasteiger partial charge in [0.2, 0.25) is 0 Å². The van der Waals surface area contributed by atoms with E-state index in [1.807, 2.05) is 0 Å². The van der Waals surface area contributed by atoms with Crippen LogP contribution in [0.3, 0.4) is 0 Å². The third-order valence-electron chi connectivity index (χ3n) is 1.74. The first-order valence-corrected chi connectivity index (χ1v) is 4.39. The number of carbonyl (C=O) groups is 1. The Morgan fingerprint density at radius 3 is 2.71 bits per heavy atom. The number of carbonyl (C=O) groups excluding carboxylic acids is 1. The molecule has 1 atom stereocenters. The van der Waals surface area contributed by atoms with E-state index in [1.54, 1.807) is 0 Å². The number of methoxy groups -OCH3 is 1. The first-order chi connectivity index (χ1) is 6.56. The smallest absolute Gasteiger partial charge is 0.340 e. The van der Waals surface area contributed by atoms with E-state index in [1.165, 1.54) is 25.3 Å². The summed E-state index contributed by atoms with van der Waals surface area (Å²) < 4.78 is 17.6. The summed E-state index contributed by atoms with van der Waals surface area (Å²) in [7, 11) is 1.19. The van der Waals surface area contributed by atoms with Gasteiger partial charge in [-0.25, -0.2) is 9.18 Å². The molecule has 76 valence electrons. The highest BCUT2D eigenvalue weighted by atomic mass is 32.1. The molecule has 2 N–H and O–H groups in total. The van der Waals surface area contributed by atoms with E-state index in [2.05, 4.69) is 17.4 Å². The van der Waals surface area contributed by atoms with E-state index in [4.69, 9.17) is 5.73 Å². The summed E-state index contributed by atoms with van der Waals surface area (Å²) in [4.78, 5) is 11.0. The third kappa shape index (κ3) is 2.24. The second kappa shape index (κ2) is 4.43. The Hall–Kier alpha value is -1.07. The Kier molecular flexibility index (Phi) is 3.49. The van der Waals surface area contributed by atoms with Gasteiger partial charge in [-0.2, -0.15) is 12.6 Å². The molecule has 1 aromatic carbocycles. The van der Waals surface area contributed by atoms with E-state index in [9.17, 15) is 9.18 Å². The molecule has 0 aliphatic heterocycles. The van der Waals surface area contributed by atoms with Crippen molar-refractivity contribution in [3.05, 3.63) is 35.1 Å². The predicted octanol–water partition coefficient (Wildman–Crippen LogP) is 1.50. The van der Waals surface area contributed by atoms with E-state index in [0.29, 0.717) is 5.56 Å². The number of hydrogen-bond donors (Lipinski definition) is 2. The Labute approximate surface area is 86.5 Å². The normalized spacial score (nSPS) is 12.3. The summed E-state index contributed by atoms with van der Waals surface area (Å²) in [6.07, 6.45) is 0. The van der Waals surface area contributed by atoms with Crippen molar-refractivity contribution in [2.75, 3.05) is 7.11 Å². The predicted molar refractivity (Wildman–Crippen MR) is 53.7 cm³/mol. The SMILES string of the molecule is COC(=O)c1ccc(C(N)S)cc1F. The van der Waals surface area contributed by atoms with Gasteiger partial charge < -0.3 is 10.5 Å². The quantitative estimate of drug-likeness (QED) is 0.446. The van der Waals surface area contributed by atoms with Crippen LogP contribution in [-0.2, 0) is 4.74 Å². The molecule has 0 saturated carbocycles. The topological polar surface area (TPSA) is 52.3 Å². The van der Waals surface area contributed by atoms with Crippen LogP contribution in [0, 0.1) is 5.82 Å². The van der Waals surface area contributed by atoms with Gasteiger partial charge in [0.1, 0.15) is 5.82 Å². The van der Waals surface area contributed by atoms with Gasteiger partial charge in [-0.3, -0.25) is 0 Å². The number of hydrogen-bond acceptors (Lipinski definition) is 4. The molecule has 0 amide bonds. The molecular formula is C9H10FNO2S. The maximum atomic E-state index is 13.3. The van der Waals surface area contributed by atoms with Gasteiger partial charge in [-0.1, -0.05) is 6.07 Å². The third-order valence-corrected chi connectivity index (χ3v) is 2.04. The van der Waals surface area contributed by atoms with E-state index >= 15 is 0 Å². The Morgan fingerprint density at radius 2 is 2.29 bits per heavy atom. The van der Waals surface area contributed by atoms with Gasteiger partial charge in [-0.05, 0) is 17.7 Å². The maximum Gasteiger partial charge on any atom is 0.340 e. The molecule has 0 radical (unpaired) electrons. The fourth-order valence-corrected chi connectivity index (χ4v) is 1.15. The molecule has 14 heavy (non-hydrogen) atoms. The zero-order valence-electron chi connectivity index (χ0n) is 7.53. The number of esters is 1. The van der Waals surface area contributed by atoms with Crippen molar-refractivity contribution in [1.29, 1.82) is 0 Å². The molecule has 3 nitrogen and oxygen atoms in total. The minimum absolute atomic E-state index is 0.106. The van der Waals surface area contributed by atoms with Crippen molar-refractivity contribution in [3.63, 3.8) is 0 Å². The van der Waals surface area contributed by atoms with E-state index in [0.717, 1.165) is 0 Å². The molecule has 0 spiro atoms. The number of ether oxygens (including phenoxy) is 1. The van der Waals surface area contributed by atoms with Crippen molar-refractivity contribution < 1.29 is 13.9 Å². The van der Waals surface area contributed by atoms with Crippen LogP contribution in [0.1, 0.15) is 21.3 Å². The first kappa shape index (κ1) is 11.0. The molecule has 1 rings (SSSR count). The molecule has 0 aromatic heterocycles. The summed E-state index contributed by atoms with van der Waals surface area (Å²) in [6, 6.07) is 4.03. The van der Waals surface area contributed by atoms with Gasteiger partial charge in [0.15, 0.2) is 0 Å². The lowest BCUT2D eigenvalue weighted by atomic mass is 10.1. The van der Waals surface area contributed by atoms with Crippen molar-refractivity contribution in [2.45, 2.75) is 5.37 Å². The molecular weight excluding hydrogens is 205 g/mol. The van der Waals surface area contributed by atoms with Gasteiger partial charge in [-0.15, -0.1) is 0 Å². The van der Waals surface area contributed by atoms with E-state index in [-0.39, 0.29) is 5.56 Å². The van der Waals surface area contributed by atoms with Gasteiger partial charge in [0.25, 0.3) is 0 Å². The molecule has 0 aliphatic carbocycles. The van der Waals surface area contributed by atoms with Crippen LogP contribution in [0.15, 0.2) is 18.2 Å². The average molecular weight is 215 g/mol. The lowest BCUT2D eigenvalue weighted by molar-refractivity contribution is 0.0595. The van der Waals surface area contributed by atoms with Crippen LogP contribution in [-0.4, -0.2) is 13.1 Å². The highest BCUT2D eigenvalue weighted by Gasteiger charge is 2.13. The lowest BCUT2D eigenvalue weighted by Gasteiger charge is -2.06. The number of nitrogens with two attached hydrogens (primary N) is 1. The Balaban J connectivity index is 3.07. The highest BCUT2D eigenvalue weighted by molar-refractivity contribution is 7.80. The van der Waals surface area contributed by atoms with Crippen LogP contribution in [0.4, 0.5) is 4.39 Å². The molecule has 0 heterocycles. The lowest BCUT2D eigenvalue weighted by Crippen LogP contribution is -2.07. The average Bonchev–Trinajstić information content (AvgIpc) is 2.16. The molecule has 0 saturated heterocycles. The number of halogens is 1. The van der Waals surface area contributed by atoms with Crippen LogP contribution in [0.25, 0.3) is 0 Å². The Morgan fingerprint density at radius 1 is 1.64 bits per heavy atom. The maximum absolute atomic E-state index is 13.3. The van der Waals surface area contributed by atoms with Gasteiger partial charge >= 0.3 is 5.97 Å². The molecule has 1 unspecified atom stereocenters. The molecule has 0 bridgehead atoms. The molecule has 1 aromatic rings. The zero-order chi connectivity index (χ0) is 10.7. The summed E-state index contributed by atoms with van der Waals surface area (Å²) in [6.45, 7) is 0. The fraction of sp³-hybridized carbons (Fsp3) is 0.222. The van der Waals surface area contributed by atoms with Gasteiger partial charge in [0, 0.05) is 0 Å². The number of rotatable bonds is 2. The van der Waals surface area contributed by atoms with Crippen LogP contribution in [0.5, 0.6) is 0 Å². The molecule has 0 fully saturated rings. The van der Waals surface area contributed by atoms with Crippen LogP contribution in [0.2, 0.25) is 0 Å². The molecule has 5 heteroatoms. The van der Waals surface area contributed by atoms with Crippen molar-refractivity contribution >= 4 is 18.6 Å². The van der Waals surface area contributed by atoms with Crippen molar-refractivity contribution in [2.24, 2.45) is 5.73 Å².